The second-order valence-corrected chi connectivity index (χ2v) is 9.51. The van der Waals surface area contributed by atoms with Crippen molar-refractivity contribution in [3.8, 4) is 0 Å². The number of alkyl halides is 2. The Hall–Kier alpha value is -3.53. The van der Waals surface area contributed by atoms with Crippen molar-refractivity contribution >= 4 is 58.5 Å². The number of rotatable bonds is 18. The van der Waals surface area contributed by atoms with Gasteiger partial charge < -0.3 is 36.6 Å². The zero-order valence-electron chi connectivity index (χ0n) is 21.2. The molecule has 0 radical (unpaired) electrons. The molecule has 0 saturated heterocycles. The minimum atomic E-state index is -1.50. The number of nitro benzene ring substituents is 1. The Bertz CT molecular complexity index is 1040. The highest BCUT2D eigenvalue weighted by molar-refractivity contribution is 6.53. The van der Waals surface area contributed by atoms with E-state index in [1.165, 1.54) is 12.1 Å². The molecule has 1 aromatic rings. The third-order valence-electron chi connectivity index (χ3n) is 5.36. The molecule has 1 aromatic carbocycles. The van der Waals surface area contributed by atoms with E-state index in [0.717, 1.165) is 12.1 Å². The number of hydrogen-bond acceptors (Lipinski definition) is 10. The lowest BCUT2D eigenvalue weighted by Crippen LogP contribution is -2.45. The van der Waals surface area contributed by atoms with E-state index in [-0.39, 0.29) is 24.1 Å². The number of carbonyl (C=O) groups excluding carboxylic acids is 4. The Morgan fingerprint density at radius 1 is 1.02 bits per heavy atom. The molecule has 3 amide bonds. The molecular weight excluding hydrogens is 577 g/mol. The van der Waals surface area contributed by atoms with Gasteiger partial charge in [0.1, 0.15) is 18.8 Å². The number of aliphatic carboxylic acids is 1. The van der Waals surface area contributed by atoms with E-state index in [1.807, 2.05) is 0 Å². The number of carbonyl (C=O) groups is 5. The van der Waals surface area contributed by atoms with Gasteiger partial charge >= 0.3 is 11.9 Å². The van der Waals surface area contributed by atoms with Gasteiger partial charge in [-0.3, -0.25) is 29.3 Å². The lowest BCUT2D eigenvalue weighted by molar-refractivity contribution is -0.384. The minimum absolute atomic E-state index is 0.162. The number of benzene rings is 1. The van der Waals surface area contributed by atoms with Gasteiger partial charge in [0.25, 0.3) is 11.6 Å². The van der Waals surface area contributed by atoms with E-state index in [9.17, 15) is 44.3 Å². The normalized spacial score (nSPS) is 13.0. The molecule has 17 heteroatoms. The van der Waals surface area contributed by atoms with Crippen molar-refractivity contribution < 1.29 is 43.8 Å². The van der Waals surface area contributed by atoms with Crippen LogP contribution in [0.25, 0.3) is 0 Å². The lowest BCUT2D eigenvalue weighted by Gasteiger charge is -2.24. The third-order valence-corrected chi connectivity index (χ3v) is 5.76. The number of aliphatic hydroxyl groups excluding tert-OH is 1. The standard InChI is InChI=1S/C23H31Cl2N5O10/c24-21(25)22(35)29-16(20(34)13-4-6-14(7-5-13)30(38)39)12-40-19(33)9-8-17(31)27-11-18(32)28-15(23(36)37)3-1-2-10-26/h4-7,15-16,20-21,34H,1-3,8-12,26H2,(H,27,31)(H,28,32)(H,29,35)(H,36,37)/t15-,16+,20+/m0/s1. The number of nitrogens with zero attached hydrogens (tertiary/aromatic N) is 1. The Morgan fingerprint density at radius 3 is 2.23 bits per heavy atom. The van der Waals surface area contributed by atoms with Gasteiger partial charge in [-0.2, -0.15) is 0 Å². The highest BCUT2D eigenvalue weighted by Gasteiger charge is 2.27. The van der Waals surface area contributed by atoms with Crippen molar-refractivity contribution in [2.45, 2.75) is 55.1 Å². The zero-order valence-corrected chi connectivity index (χ0v) is 22.7. The maximum absolute atomic E-state index is 12.2. The number of carboxylic acid groups (broad SMARTS) is 1. The van der Waals surface area contributed by atoms with E-state index in [4.69, 9.17) is 33.7 Å². The van der Waals surface area contributed by atoms with Crippen molar-refractivity contribution in [3.05, 3.63) is 39.9 Å². The third kappa shape index (κ3) is 13.0. The fourth-order valence-corrected chi connectivity index (χ4v) is 3.34. The number of halogens is 2. The topological polar surface area (TPSA) is 240 Å². The number of ether oxygens (including phenoxy) is 1. The SMILES string of the molecule is NCCCC[C@H](NC(=O)CNC(=O)CCC(=O)OC[C@@H](NC(=O)C(Cl)Cl)[C@H](O)c1ccc([N+](=O)[O-])cc1)C(=O)O. The molecule has 0 aliphatic heterocycles. The number of hydrogen-bond donors (Lipinski definition) is 6. The molecular formula is C23H31Cl2N5O10. The highest BCUT2D eigenvalue weighted by atomic mass is 35.5. The maximum atomic E-state index is 12.2. The van der Waals surface area contributed by atoms with Crippen molar-refractivity contribution in [1.29, 1.82) is 0 Å². The number of nitro groups is 1. The molecule has 3 atom stereocenters. The molecule has 0 saturated carbocycles. The summed E-state index contributed by atoms with van der Waals surface area (Å²) >= 11 is 11.1. The second-order valence-electron chi connectivity index (χ2n) is 8.41. The van der Waals surface area contributed by atoms with Crippen LogP contribution in [0.15, 0.2) is 24.3 Å². The van der Waals surface area contributed by atoms with Crippen LogP contribution < -0.4 is 21.7 Å². The Morgan fingerprint density at radius 2 is 1.68 bits per heavy atom. The number of aliphatic hydroxyl groups is 1. The maximum Gasteiger partial charge on any atom is 0.326 e. The van der Waals surface area contributed by atoms with Crippen LogP contribution in [-0.4, -0.2) is 81.4 Å². The summed E-state index contributed by atoms with van der Waals surface area (Å²) in [7, 11) is 0. The van der Waals surface area contributed by atoms with Gasteiger partial charge in [0.2, 0.25) is 11.8 Å². The number of nitrogens with one attached hydrogen (secondary N) is 3. The molecule has 0 aliphatic carbocycles. The lowest BCUT2D eigenvalue weighted by atomic mass is 10.0. The van der Waals surface area contributed by atoms with Crippen molar-refractivity contribution in [3.63, 3.8) is 0 Å². The van der Waals surface area contributed by atoms with Crippen LogP contribution >= 0.6 is 23.2 Å². The van der Waals surface area contributed by atoms with Crippen molar-refractivity contribution in [2.75, 3.05) is 19.7 Å². The van der Waals surface area contributed by atoms with Crippen molar-refractivity contribution in [2.24, 2.45) is 5.73 Å². The first-order valence-corrected chi connectivity index (χ1v) is 12.9. The van der Waals surface area contributed by atoms with Crippen LogP contribution in [0.5, 0.6) is 0 Å². The average molecular weight is 608 g/mol. The van der Waals surface area contributed by atoms with Gasteiger partial charge in [0.15, 0.2) is 4.84 Å². The fraction of sp³-hybridized carbons (Fsp3) is 0.522. The summed E-state index contributed by atoms with van der Waals surface area (Å²) in [6, 6.07) is 2.40. The number of unbranched alkanes of at least 4 members (excludes halogenated alkanes) is 1. The molecule has 222 valence electrons. The van der Waals surface area contributed by atoms with Gasteiger partial charge in [-0.05, 0) is 43.5 Å². The van der Waals surface area contributed by atoms with Crippen molar-refractivity contribution in [1.82, 2.24) is 16.0 Å². The number of carboxylic acids is 1. The summed E-state index contributed by atoms with van der Waals surface area (Å²) < 4.78 is 5.05. The molecule has 0 heterocycles. The van der Waals surface area contributed by atoms with Gasteiger partial charge in [-0.15, -0.1) is 0 Å². The monoisotopic (exact) mass is 607 g/mol. The molecule has 0 spiro atoms. The number of non-ortho nitro benzene ring substituents is 1. The van der Waals surface area contributed by atoms with Crippen LogP contribution in [0.1, 0.15) is 43.8 Å². The zero-order chi connectivity index (χ0) is 30.2. The molecule has 0 fully saturated rings. The number of nitrogens with two attached hydrogens (primary N) is 1. The average Bonchev–Trinajstić information content (AvgIpc) is 2.91. The van der Waals surface area contributed by atoms with E-state index in [1.54, 1.807) is 0 Å². The summed E-state index contributed by atoms with van der Waals surface area (Å²) in [6.45, 7) is -0.689. The highest BCUT2D eigenvalue weighted by Crippen LogP contribution is 2.21. The molecule has 0 aliphatic rings. The number of amides is 3. The van der Waals surface area contributed by atoms with Gasteiger partial charge in [0, 0.05) is 18.6 Å². The van der Waals surface area contributed by atoms with Gasteiger partial charge in [-0.1, -0.05) is 23.2 Å². The smallest absolute Gasteiger partial charge is 0.326 e. The molecule has 0 unspecified atom stereocenters. The summed E-state index contributed by atoms with van der Waals surface area (Å²) in [5, 5.41) is 37.5. The van der Waals surface area contributed by atoms with E-state index < -0.39 is 77.2 Å². The second kappa shape index (κ2) is 17.9. The molecule has 40 heavy (non-hydrogen) atoms. The first-order valence-electron chi connectivity index (χ1n) is 12.0. The molecule has 15 nitrogen and oxygen atoms in total. The summed E-state index contributed by atoms with van der Waals surface area (Å²) in [5.41, 5.74) is 5.29. The Labute approximate surface area is 238 Å². The molecule has 1 rings (SSSR count). The predicted molar refractivity (Wildman–Crippen MR) is 141 cm³/mol. The Balaban J connectivity index is 2.59. The van der Waals surface area contributed by atoms with E-state index in [2.05, 4.69) is 16.0 Å². The molecule has 0 bridgehead atoms. The number of esters is 1. The van der Waals surface area contributed by atoms with E-state index >= 15 is 0 Å². The van der Waals surface area contributed by atoms with Crippen LogP contribution in [0, 0.1) is 10.1 Å². The summed E-state index contributed by atoms with van der Waals surface area (Å²) in [5.74, 6) is -4.42. The van der Waals surface area contributed by atoms with Crippen LogP contribution in [0.2, 0.25) is 0 Å². The van der Waals surface area contributed by atoms with E-state index in [0.29, 0.717) is 19.4 Å². The first-order chi connectivity index (χ1) is 18.8. The van der Waals surface area contributed by atoms with Gasteiger partial charge in [0.05, 0.1) is 23.9 Å². The quantitative estimate of drug-likeness (QED) is 0.0428. The largest absolute Gasteiger partial charge is 0.480 e. The predicted octanol–water partition coefficient (Wildman–Crippen LogP) is 0.0547. The van der Waals surface area contributed by atoms with Crippen LogP contribution in [0.3, 0.4) is 0 Å². The molecule has 7 N–H and O–H groups in total. The summed E-state index contributed by atoms with van der Waals surface area (Å²) in [4.78, 5) is 68.0. The Kier molecular flexibility index (Phi) is 15.5. The van der Waals surface area contributed by atoms with Crippen LogP contribution in [0.4, 0.5) is 5.69 Å². The molecule has 0 aromatic heterocycles. The van der Waals surface area contributed by atoms with Crippen LogP contribution in [-0.2, 0) is 28.7 Å². The minimum Gasteiger partial charge on any atom is -0.480 e. The summed E-state index contributed by atoms with van der Waals surface area (Å²) in [6.07, 6.45) is -1.01. The fourth-order valence-electron chi connectivity index (χ4n) is 3.22. The van der Waals surface area contributed by atoms with Gasteiger partial charge in [-0.25, -0.2) is 4.79 Å². The first kappa shape index (κ1) is 34.5.